The van der Waals surface area contributed by atoms with E-state index >= 15 is 0 Å². The molecule has 1 aromatic heterocycles. The van der Waals surface area contributed by atoms with Gasteiger partial charge in [0.1, 0.15) is 10.7 Å². The lowest BCUT2D eigenvalue weighted by Gasteiger charge is -2.17. The van der Waals surface area contributed by atoms with Crippen LogP contribution in [0.15, 0.2) is 36.4 Å². The summed E-state index contributed by atoms with van der Waals surface area (Å²) in [6, 6.07) is 8.76. The van der Waals surface area contributed by atoms with Gasteiger partial charge in [-0.3, -0.25) is 9.69 Å². The molecule has 8 heteroatoms. The number of imide groups is 1. The smallest absolute Gasteiger partial charge is 0.349 e. The third-order valence-corrected chi connectivity index (χ3v) is 4.80. The van der Waals surface area contributed by atoms with Crippen molar-refractivity contribution in [2.45, 2.75) is 13.0 Å². The van der Waals surface area contributed by atoms with Crippen molar-refractivity contribution < 1.29 is 23.5 Å². The third kappa shape index (κ3) is 3.69. The maximum absolute atomic E-state index is 13.0. The Kier molecular flexibility index (Phi) is 4.80. The second-order valence-corrected chi connectivity index (χ2v) is 6.52. The SMILES string of the molecule is C[C@@H](OC(=O)c1ccc(-c2ccc(F)cc2)s1)C(=O)N1CCNC1=O. The number of hydrogen-bond donors (Lipinski definition) is 1. The van der Waals surface area contributed by atoms with Crippen LogP contribution in [-0.2, 0) is 9.53 Å². The number of halogens is 1. The highest BCUT2D eigenvalue weighted by Crippen LogP contribution is 2.28. The highest BCUT2D eigenvalue weighted by Gasteiger charge is 2.32. The zero-order valence-electron chi connectivity index (χ0n) is 13.3. The van der Waals surface area contributed by atoms with E-state index in [1.54, 1.807) is 24.3 Å². The van der Waals surface area contributed by atoms with E-state index in [9.17, 15) is 18.8 Å². The number of benzene rings is 1. The number of carbonyl (C=O) groups is 3. The predicted octanol–water partition coefficient (Wildman–Crippen LogP) is 2.65. The summed E-state index contributed by atoms with van der Waals surface area (Å²) in [5, 5.41) is 2.52. The Morgan fingerprint density at radius 1 is 1.24 bits per heavy atom. The molecule has 2 heterocycles. The molecular formula is C17H15FN2O4S. The zero-order valence-corrected chi connectivity index (χ0v) is 14.1. The van der Waals surface area contributed by atoms with Gasteiger partial charge in [-0.25, -0.2) is 14.0 Å². The van der Waals surface area contributed by atoms with Crippen molar-refractivity contribution >= 4 is 29.2 Å². The van der Waals surface area contributed by atoms with Crippen LogP contribution in [0.3, 0.4) is 0 Å². The van der Waals surface area contributed by atoms with Gasteiger partial charge < -0.3 is 10.1 Å². The number of amides is 3. The first-order chi connectivity index (χ1) is 12.0. The predicted molar refractivity (Wildman–Crippen MR) is 89.7 cm³/mol. The van der Waals surface area contributed by atoms with Crippen molar-refractivity contribution in [1.82, 2.24) is 10.2 Å². The first-order valence-corrected chi connectivity index (χ1v) is 8.43. The Bertz CT molecular complexity index is 818. The Morgan fingerprint density at radius 2 is 1.96 bits per heavy atom. The minimum Gasteiger partial charge on any atom is -0.448 e. The maximum Gasteiger partial charge on any atom is 0.349 e. The fourth-order valence-electron chi connectivity index (χ4n) is 2.39. The van der Waals surface area contributed by atoms with Gasteiger partial charge in [-0.2, -0.15) is 0 Å². The first kappa shape index (κ1) is 17.1. The number of carbonyl (C=O) groups excluding carboxylic acids is 3. The third-order valence-electron chi connectivity index (χ3n) is 3.69. The van der Waals surface area contributed by atoms with Crippen molar-refractivity contribution in [1.29, 1.82) is 0 Å². The van der Waals surface area contributed by atoms with Gasteiger partial charge >= 0.3 is 12.0 Å². The van der Waals surface area contributed by atoms with E-state index in [-0.39, 0.29) is 12.4 Å². The molecule has 130 valence electrons. The molecule has 0 spiro atoms. The molecule has 0 aliphatic carbocycles. The number of hydrogen-bond acceptors (Lipinski definition) is 5. The number of thiophene rings is 1. The van der Waals surface area contributed by atoms with Gasteiger partial charge in [-0.05, 0) is 36.8 Å². The molecule has 0 bridgehead atoms. The summed E-state index contributed by atoms with van der Waals surface area (Å²) in [6.07, 6.45) is -1.06. The molecular weight excluding hydrogens is 347 g/mol. The van der Waals surface area contributed by atoms with Crippen molar-refractivity contribution in [3.8, 4) is 10.4 Å². The number of rotatable bonds is 4. The minimum atomic E-state index is -1.06. The van der Waals surface area contributed by atoms with Gasteiger partial charge in [0.2, 0.25) is 0 Å². The normalized spacial score (nSPS) is 15.0. The summed E-state index contributed by atoms with van der Waals surface area (Å²) in [6.45, 7) is 2.07. The Morgan fingerprint density at radius 3 is 2.60 bits per heavy atom. The molecule has 6 nitrogen and oxygen atoms in total. The largest absolute Gasteiger partial charge is 0.448 e. The molecule has 1 aliphatic heterocycles. The molecule has 1 saturated heterocycles. The van der Waals surface area contributed by atoms with Crippen LogP contribution in [0.5, 0.6) is 0 Å². The van der Waals surface area contributed by atoms with E-state index in [2.05, 4.69) is 5.32 Å². The van der Waals surface area contributed by atoms with Crippen molar-refractivity contribution in [2.24, 2.45) is 0 Å². The van der Waals surface area contributed by atoms with E-state index in [4.69, 9.17) is 4.74 Å². The number of ether oxygens (including phenoxy) is 1. The molecule has 1 fully saturated rings. The van der Waals surface area contributed by atoms with E-state index < -0.39 is 24.0 Å². The highest BCUT2D eigenvalue weighted by atomic mass is 32.1. The van der Waals surface area contributed by atoms with Crippen LogP contribution in [0.4, 0.5) is 9.18 Å². The number of urea groups is 1. The van der Waals surface area contributed by atoms with Crippen molar-refractivity contribution in [2.75, 3.05) is 13.1 Å². The molecule has 3 rings (SSSR count). The van der Waals surface area contributed by atoms with Crippen molar-refractivity contribution in [3.05, 3.63) is 47.1 Å². The topological polar surface area (TPSA) is 75.7 Å². The summed E-state index contributed by atoms with van der Waals surface area (Å²) >= 11 is 1.19. The standard InChI is InChI=1S/C17H15FN2O4S/c1-10(15(21)20-9-8-19-17(20)23)24-16(22)14-7-6-13(25-14)11-2-4-12(18)5-3-11/h2-7,10H,8-9H2,1H3,(H,19,23)/t10-/m1/s1. The molecule has 3 amide bonds. The minimum absolute atomic E-state index is 0.257. The van der Waals surface area contributed by atoms with Crippen LogP contribution in [-0.4, -0.2) is 42.0 Å². The number of nitrogens with zero attached hydrogens (tertiary/aromatic N) is 1. The number of esters is 1. The van der Waals surface area contributed by atoms with Crippen LogP contribution in [0.25, 0.3) is 10.4 Å². The van der Waals surface area contributed by atoms with Crippen molar-refractivity contribution in [3.63, 3.8) is 0 Å². The van der Waals surface area contributed by atoms with Gasteiger partial charge in [-0.1, -0.05) is 12.1 Å². The quantitative estimate of drug-likeness (QED) is 0.849. The summed E-state index contributed by atoms with van der Waals surface area (Å²) in [4.78, 5) is 38.0. The van der Waals surface area contributed by atoms with E-state index in [0.717, 1.165) is 15.3 Å². The van der Waals surface area contributed by atoms with Gasteiger partial charge in [-0.15, -0.1) is 11.3 Å². The highest BCUT2D eigenvalue weighted by molar-refractivity contribution is 7.17. The summed E-state index contributed by atoms with van der Waals surface area (Å²) in [5.41, 5.74) is 0.781. The lowest BCUT2D eigenvalue weighted by molar-refractivity contribution is -0.135. The Balaban J connectivity index is 1.66. The fourth-order valence-corrected chi connectivity index (χ4v) is 3.28. The molecule has 1 aromatic carbocycles. The molecule has 1 atom stereocenters. The second kappa shape index (κ2) is 7.02. The van der Waals surface area contributed by atoms with Crippen LogP contribution in [0.1, 0.15) is 16.6 Å². The van der Waals surface area contributed by atoms with E-state index in [1.807, 2.05) is 0 Å². The average Bonchev–Trinajstić information content (AvgIpc) is 3.24. The van der Waals surface area contributed by atoms with Crippen LogP contribution in [0, 0.1) is 5.82 Å². The molecule has 1 aliphatic rings. The van der Waals surface area contributed by atoms with Gasteiger partial charge in [0.05, 0.1) is 0 Å². The summed E-state index contributed by atoms with van der Waals surface area (Å²) in [5.74, 6) is -1.53. The molecule has 0 unspecified atom stereocenters. The number of nitrogens with one attached hydrogen (secondary N) is 1. The van der Waals surface area contributed by atoms with Gasteiger partial charge in [0.15, 0.2) is 6.10 Å². The molecule has 25 heavy (non-hydrogen) atoms. The van der Waals surface area contributed by atoms with Crippen LogP contribution < -0.4 is 5.32 Å². The lowest BCUT2D eigenvalue weighted by atomic mass is 10.2. The Labute approximate surface area is 147 Å². The Hall–Kier alpha value is -2.74. The lowest BCUT2D eigenvalue weighted by Crippen LogP contribution is -2.41. The monoisotopic (exact) mass is 362 g/mol. The molecule has 0 radical (unpaired) electrons. The van der Waals surface area contributed by atoms with Crippen LogP contribution in [0.2, 0.25) is 0 Å². The average molecular weight is 362 g/mol. The molecule has 1 N–H and O–H groups in total. The van der Waals surface area contributed by atoms with E-state index in [1.165, 1.54) is 30.4 Å². The maximum atomic E-state index is 13.0. The summed E-state index contributed by atoms with van der Waals surface area (Å²) in [7, 11) is 0. The molecule has 2 aromatic rings. The zero-order chi connectivity index (χ0) is 18.0. The molecule has 0 saturated carbocycles. The van der Waals surface area contributed by atoms with Crippen LogP contribution >= 0.6 is 11.3 Å². The fraction of sp³-hybridized carbons (Fsp3) is 0.235. The van der Waals surface area contributed by atoms with Gasteiger partial charge in [0, 0.05) is 18.0 Å². The first-order valence-electron chi connectivity index (χ1n) is 7.61. The summed E-state index contributed by atoms with van der Waals surface area (Å²) < 4.78 is 18.1. The van der Waals surface area contributed by atoms with E-state index in [0.29, 0.717) is 11.4 Å². The van der Waals surface area contributed by atoms with Gasteiger partial charge in [0.25, 0.3) is 5.91 Å². The second-order valence-electron chi connectivity index (χ2n) is 5.44.